The predicted octanol–water partition coefficient (Wildman–Crippen LogP) is 3.30. The highest BCUT2D eigenvalue weighted by Gasteiger charge is 2.20. The number of aryl methyl sites for hydroxylation is 2. The highest BCUT2D eigenvalue weighted by Crippen LogP contribution is 2.24. The SMILES string of the molecule is Cc1ccc(C(C)(C)CNCCC(C)(C)N)cc1C. The van der Waals surface area contributed by atoms with E-state index in [1.54, 1.807) is 0 Å². The molecule has 0 radical (unpaired) electrons. The van der Waals surface area contributed by atoms with Crippen molar-refractivity contribution in [2.45, 2.75) is 58.9 Å². The molecule has 0 aliphatic carbocycles. The van der Waals surface area contributed by atoms with Crippen LogP contribution >= 0.6 is 0 Å². The van der Waals surface area contributed by atoms with Crippen LogP contribution in [-0.4, -0.2) is 18.6 Å². The van der Waals surface area contributed by atoms with E-state index in [1.165, 1.54) is 16.7 Å². The smallest absolute Gasteiger partial charge is 0.0109 e. The summed E-state index contributed by atoms with van der Waals surface area (Å²) in [5.41, 5.74) is 10.2. The molecule has 0 spiro atoms. The first-order chi connectivity index (χ1) is 8.62. The molecule has 0 saturated heterocycles. The van der Waals surface area contributed by atoms with Crippen molar-refractivity contribution in [3.8, 4) is 0 Å². The second-order valence-electron chi connectivity index (χ2n) is 7.10. The van der Waals surface area contributed by atoms with Crippen LogP contribution in [0.2, 0.25) is 0 Å². The van der Waals surface area contributed by atoms with E-state index in [4.69, 9.17) is 5.73 Å². The van der Waals surface area contributed by atoms with Gasteiger partial charge in [0.2, 0.25) is 0 Å². The Morgan fingerprint density at radius 1 is 1.05 bits per heavy atom. The molecular formula is C17H30N2. The van der Waals surface area contributed by atoms with Crippen LogP contribution in [-0.2, 0) is 5.41 Å². The molecule has 1 rings (SSSR count). The largest absolute Gasteiger partial charge is 0.326 e. The van der Waals surface area contributed by atoms with Crippen LogP contribution in [0.5, 0.6) is 0 Å². The Bertz CT molecular complexity index is 414. The van der Waals surface area contributed by atoms with Crippen LogP contribution < -0.4 is 11.1 Å². The highest BCUT2D eigenvalue weighted by atomic mass is 14.9. The fraction of sp³-hybridized carbons (Fsp3) is 0.647. The van der Waals surface area contributed by atoms with Gasteiger partial charge in [-0.05, 0) is 57.4 Å². The molecule has 0 unspecified atom stereocenters. The van der Waals surface area contributed by atoms with Crippen LogP contribution in [0.3, 0.4) is 0 Å². The first-order valence-electron chi connectivity index (χ1n) is 7.19. The maximum absolute atomic E-state index is 5.99. The molecule has 0 fully saturated rings. The monoisotopic (exact) mass is 262 g/mol. The van der Waals surface area contributed by atoms with Crippen molar-refractivity contribution in [2.75, 3.05) is 13.1 Å². The molecule has 2 heteroatoms. The molecule has 0 atom stereocenters. The van der Waals surface area contributed by atoms with Gasteiger partial charge in [0.25, 0.3) is 0 Å². The molecule has 0 bridgehead atoms. The third-order valence-electron chi connectivity index (χ3n) is 3.80. The zero-order valence-corrected chi connectivity index (χ0v) is 13.4. The van der Waals surface area contributed by atoms with Crippen molar-refractivity contribution in [1.82, 2.24) is 5.32 Å². The lowest BCUT2D eigenvalue weighted by atomic mass is 9.83. The van der Waals surface area contributed by atoms with E-state index >= 15 is 0 Å². The van der Waals surface area contributed by atoms with Crippen molar-refractivity contribution in [1.29, 1.82) is 0 Å². The van der Waals surface area contributed by atoms with Gasteiger partial charge in [0.1, 0.15) is 0 Å². The second kappa shape index (κ2) is 6.06. The van der Waals surface area contributed by atoms with E-state index in [2.05, 4.69) is 65.1 Å². The van der Waals surface area contributed by atoms with Crippen LogP contribution in [0.25, 0.3) is 0 Å². The molecule has 19 heavy (non-hydrogen) atoms. The fourth-order valence-corrected chi connectivity index (χ4v) is 2.08. The number of hydrogen-bond donors (Lipinski definition) is 2. The van der Waals surface area contributed by atoms with Gasteiger partial charge in [0, 0.05) is 17.5 Å². The van der Waals surface area contributed by atoms with Crippen molar-refractivity contribution in [3.05, 3.63) is 34.9 Å². The number of benzene rings is 1. The van der Waals surface area contributed by atoms with Crippen molar-refractivity contribution >= 4 is 0 Å². The topological polar surface area (TPSA) is 38.0 Å². The lowest BCUT2D eigenvalue weighted by Crippen LogP contribution is -2.39. The van der Waals surface area contributed by atoms with Gasteiger partial charge in [-0.3, -0.25) is 0 Å². The summed E-state index contributed by atoms with van der Waals surface area (Å²) >= 11 is 0. The van der Waals surface area contributed by atoms with E-state index in [9.17, 15) is 0 Å². The molecule has 0 aliphatic heterocycles. The average molecular weight is 262 g/mol. The van der Waals surface area contributed by atoms with Crippen LogP contribution in [0.1, 0.15) is 50.8 Å². The molecule has 2 nitrogen and oxygen atoms in total. The minimum Gasteiger partial charge on any atom is -0.326 e. The Morgan fingerprint density at radius 3 is 2.21 bits per heavy atom. The number of hydrogen-bond acceptors (Lipinski definition) is 2. The summed E-state index contributed by atoms with van der Waals surface area (Å²) in [5, 5.41) is 3.53. The van der Waals surface area contributed by atoms with Crippen LogP contribution in [0.4, 0.5) is 0 Å². The molecule has 1 aromatic rings. The molecular weight excluding hydrogens is 232 g/mol. The molecule has 0 saturated carbocycles. The van der Waals surface area contributed by atoms with Gasteiger partial charge in [-0.25, -0.2) is 0 Å². The summed E-state index contributed by atoms with van der Waals surface area (Å²) in [5.74, 6) is 0. The molecule has 0 heterocycles. The van der Waals surface area contributed by atoms with Crippen LogP contribution in [0, 0.1) is 13.8 Å². The fourth-order valence-electron chi connectivity index (χ4n) is 2.08. The first-order valence-corrected chi connectivity index (χ1v) is 7.19. The lowest BCUT2D eigenvalue weighted by Gasteiger charge is -2.27. The third kappa shape index (κ3) is 5.33. The Morgan fingerprint density at radius 2 is 1.68 bits per heavy atom. The van der Waals surface area contributed by atoms with E-state index < -0.39 is 0 Å². The maximum atomic E-state index is 5.99. The zero-order chi connectivity index (χ0) is 14.7. The quantitative estimate of drug-likeness (QED) is 0.772. The predicted molar refractivity (Wildman–Crippen MR) is 84.7 cm³/mol. The van der Waals surface area contributed by atoms with Gasteiger partial charge in [0.05, 0.1) is 0 Å². The normalized spacial score (nSPS) is 12.8. The van der Waals surface area contributed by atoms with Gasteiger partial charge < -0.3 is 11.1 Å². The van der Waals surface area contributed by atoms with Gasteiger partial charge in [-0.15, -0.1) is 0 Å². The summed E-state index contributed by atoms with van der Waals surface area (Å²) in [6, 6.07) is 6.77. The van der Waals surface area contributed by atoms with Crippen molar-refractivity contribution in [3.63, 3.8) is 0 Å². The summed E-state index contributed by atoms with van der Waals surface area (Å²) < 4.78 is 0. The van der Waals surface area contributed by atoms with E-state index in [0.717, 1.165) is 19.5 Å². The van der Waals surface area contributed by atoms with Gasteiger partial charge in [0.15, 0.2) is 0 Å². The Kier molecular flexibility index (Phi) is 5.17. The highest BCUT2D eigenvalue weighted by molar-refractivity contribution is 5.34. The third-order valence-corrected chi connectivity index (χ3v) is 3.80. The minimum absolute atomic E-state index is 0.0857. The van der Waals surface area contributed by atoms with Gasteiger partial charge in [-0.2, -0.15) is 0 Å². The molecule has 108 valence electrons. The van der Waals surface area contributed by atoms with Crippen molar-refractivity contribution in [2.24, 2.45) is 5.73 Å². The molecule has 0 amide bonds. The number of rotatable bonds is 6. The maximum Gasteiger partial charge on any atom is 0.0109 e. The van der Waals surface area contributed by atoms with Crippen molar-refractivity contribution < 1.29 is 0 Å². The molecule has 0 aliphatic rings. The van der Waals surface area contributed by atoms with E-state index in [-0.39, 0.29) is 11.0 Å². The standard InChI is InChI=1S/C17H30N2/c1-13-7-8-15(11-14(13)2)16(3,4)12-19-10-9-17(5,6)18/h7-8,11,19H,9-10,12,18H2,1-6H3. The molecule has 1 aromatic carbocycles. The number of nitrogens with two attached hydrogens (primary N) is 1. The van der Waals surface area contributed by atoms with Gasteiger partial charge >= 0.3 is 0 Å². The van der Waals surface area contributed by atoms with Crippen LogP contribution in [0.15, 0.2) is 18.2 Å². The Hall–Kier alpha value is -0.860. The Balaban J connectivity index is 2.58. The van der Waals surface area contributed by atoms with E-state index in [0.29, 0.717) is 0 Å². The summed E-state index contributed by atoms with van der Waals surface area (Å²) in [6.07, 6.45) is 0.996. The number of nitrogens with one attached hydrogen (secondary N) is 1. The molecule has 3 N–H and O–H groups in total. The Labute approximate surface area is 118 Å². The lowest BCUT2D eigenvalue weighted by molar-refractivity contribution is 0.418. The second-order valence-corrected chi connectivity index (χ2v) is 7.10. The minimum atomic E-state index is -0.0857. The first kappa shape index (κ1) is 16.2. The van der Waals surface area contributed by atoms with E-state index in [1.807, 2.05) is 0 Å². The average Bonchev–Trinajstić information content (AvgIpc) is 2.27. The summed E-state index contributed by atoms with van der Waals surface area (Å²) in [7, 11) is 0. The summed E-state index contributed by atoms with van der Waals surface area (Å²) in [6.45, 7) is 15.0. The zero-order valence-electron chi connectivity index (χ0n) is 13.4. The van der Waals surface area contributed by atoms with Gasteiger partial charge in [-0.1, -0.05) is 32.0 Å². The summed E-state index contributed by atoms with van der Waals surface area (Å²) in [4.78, 5) is 0. The molecule has 0 aromatic heterocycles.